The van der Waals surface area contributed by atoms with Crippen LogP contribution in [0.25, 0.3) is 5.70 Å². The molecule has 2 rings (SSSR count). The summed E-state index contributed by atoms with van der Waals surface area (Å²) in [4.78, 5) is 4.10. The number of allylic oxidation sites excluding steroid dienone is 1. The van der Waals surface area contributed by atoms with Crippen molar-refractivity contribution in [2.75, 3.05) is 0 Å². The molecule has 0 saturated carbocycles. The molecule has 2 nitrogen and oxygen atoms in total. The SMILES string of the molecule is CC(C)(C)C=C(c1ccc(Cl)cc1Cl)n1ccnc1. The van der Waals surface area contributed by atoms with E-state index in [1.54, 1.807) is 18.6 Å². The van der Waals surface area contributed by atoms with E-state index in [-0.39, 0.29) is 5.41 Å². The first-order chi connectivity index (χ1) is 8.87. The normalized spacial score (nSPS) is 12.8. The molecule has 0 fully saturated rings. The summed E-state index contributed by atoms with van der Waals surface area (Å²) in [6, 6.07) is 5.53. The van der Waals surface area contributed by atoms with Crippen molar-refractivity contribution in [1.29, 1.82) is 0 Å². The van der Waals surface area contributed by atoms with Gasteiger partial charge in [0, 0.05) is 23.0 Å². The molecule has 4 heteroatoms. The lowest BCUT2D eigenvalue weighted by atomic mass is 9.93. The summed E-state index contributed by atoms with van der Waals surface area (Å²) in [5, 5.41) is 1.27. The number of hydrogen-bond acceptors (Lipinski definition) is 1. The van der Waals surface area contributed by atoms with Crippen LogP contribution in [0.4, 0.5) is 0 Å². The summed E-state index contributed by atoms with van der Waals surface area (Å²) in [5.41, 5.74) is 1.98. The van der Waals surface area contributed by atoms with Gasteiger partial charge < -0.3 is 4.57 Å². The Balaban J connectivity index is 2.59. The van der Waals surface area contributed by atoms with Crippen LogP contribution in [0.2, 0.25) is 10.0 Å². The third-order valence-electron chi connectivity index (χ3n) is 2.56. The van der Waals surface area contributed by atoms with E-state index in [0.29, 0.717) is 10.0 Å². The molecule has 0 aliphatic heterocycles. The molecule has 0 spiro atoms. The van der Waals surface area contributed by atoms with Crippen LogP contribution in [0.3, 0.4) is 0 Å². The van der Waals surface area contributed by atoms with Gasteiger partial charge in [-0.15, -0.1) is 0 Å². The van der Waals surface area contributed by atoms with Gasteiger partial charge in [-0.3, -0.25) is 0 Å². The average Bonchev–Trinajstić information content (AvgIpc) is 2.78. The Morgan fingerprint density at radius 1 is 1.26 bits per heavy atom. The molecule has 0 bridgehead atoms. The number of hydrogen-bond donors (Lipinski definition) is 0. The average molecular weight is 295 g/mol. The van der Waals surface area contributed by atoms with E-state index in [9.17, 15) is 0 Å². The maximum atomic E-state index is 6.31. The van der Waals surface area contributed by atoms with E-state index in [2.05, 4.69) is 31.8 Å². The second-order valence-electron chi connectivity index (χ2n) is 5.49. The molecule has 0 saturated heterocycles. The molecule has 0 aliphatic carbocycles. The Morgan fingerprint density at radius 2 is 2.00 bits per heavy atom. The Hall–Kier alpha value is -1.25. The quantitative estimate of drug-likeness (QED) is 0.751. The van der Waals surface area contributed by atoms with Crippen molar-refractivity contribution in [2.45, 2.75) is 20.8 Å². The van der Waals surface area contributed by atoms with E-state index in [0.717, 1.165) is 11.3 Å². The zero-order valence-electron chi connectivity index (χ0n) is 11.2. The fraction of sp³-hybridized carbons (Fsp3) is 0.267. The van der Waals surface area contributed by atoms with Crippen molar-refractivity contribution in [2.24, 2.45) is 5.41 Å². The molecule has 0 radical (unpaired) electrons. The molecule has 0 unspecified atom stereocenters. The van der Waals surface area contributed by atoms with Gasteiger partial charge >= 0.3 is 0 Å². The van der Waals surface area contributed by atoms with Crippen LogP contribution in [-0.4, -0.2) is 9.55 Å². The Morgan fingerprint density at radius 3 is 2.53 bits per heavy atom. The predicted octanol–water partition coefficient (Wildman–Crippen LogP) is 5.13. The van der Waals surface area contributed by atoms with Crippen LogP contribution in [0.15, 0.2) is 43.0 Å². The molecule has 2 aromatic rings. The molecule has 1 aromatic carbocycles. The maximum Gasteiger partial charge on any atom is 0.0991 e. The predicted molar refractivity (Wildman–Crippen MR) is 81.5 cm³/mol. The summed E-state index contributed by atoms with van der Waals surface area (Å²) in [7, 11) is 0. The molecule has 0 N–H and O–H groups in total. The van der Waals surface area contributed by atoms with Crippen LogP contribution in [-0.2, 0) is 0 Å². The zero-order chi connectivity index (χ0) is 14.0. The minimum absolute atomic E-state index is 0.0303. The van der Waals surface area contributed by atoms with Gasteiger partial charge in [-0.25, -0.2) is 4.98 Å². The highest BCUT2D eigenvalue weighted by atomic mass is 35.5. The fourth-order valence-corrected chi connectivity index (χ4v) is 2.31. The number of aromatic nitrogens is 2. The van der Waals surface area contributed by atoms with Crippen molar-refractivity contribution >= 4 is 28.9 Å². The van der Waals surface area contributed by atoms with Gasteiger partial charge in [-0.05, 0) is 23.6 Å². The van der Waals surface area contributed by atoms with Gasteiger partial charge in [0.25, 0.3) is 0 Å². The van der Waals surface area contributed by atoms with Gasteiger partial charge in [0.15, 0.2) is 0 Å². The summed E-state index contributed by atoms with van der Waals surface area (Å²) in [6.45, 7) is 6.44. The minimum atomic E-state index is 0.0303. The van der Waals surface area contributed by atoms with Gasteiger partial charge in [-0.1, -0.05) is 50.0 Å². The first-order valence-corrected chi connectivity index (χ1v) is 6.79. The monoisotopic (exact) mass is 294 g/mol. The number of nitrogens with zero attached hydrogens (tertiary/aromatic N) is 2. The Labute approximate surface area is 123 Å². The highest BCUT2D eigenvalue weighted by molar-refractivity contribution is 6.35. The fourth-order valence-electron chi connectivity index (χ4n) is 1.80. The van der Waals surface area contributed by atoms with Crippen molar-refractivity contribution < 1.29 is 0 Å². The zero-order valence-corrected chi connectivity index (χ0v) is 12.7. The summed E-state index contributed by atoms with van der Waals surface area (Å²) in [5.74, 6) is 0. The van der Waals surface area contributed by atoms with Crippen LogP contribution >= 0.6 is 23.2 Å². The number of rotatable bonds is 2. The lowest BCUT2D eigenvalue weighted by Gasteiger charge is -2.18. The lowest BCUT2D eigenvalue weighted by Crippen LogP contribution is -2.06. The molecule has 100 valence electrons. The molecular weight excluding hydrogens is 279 g/mol. The summed E-state index contributed by atoms with van der Waals surface area (Å²) >= 11 is 12.3. The summed E-state index contributed by atoms with van der Waals surface area (Å²) in [6.07, 6.45) is 7.59. The van der Waals surface area contributed by atoms with Crippen molar-refractivity contribution in [3.05, 3.63) is 58.6 Å². The smallest absolute Gasteiger partial charge is 0.0991 e. The Kier molecular flexibility index (Phi) is 4.02. The molecule has 0 amide bonds. The van der Waals surface area contributed by atoms with E-state index < -0.39 is 0 Å². The second-order valence-corrected chi connectivity index (χ2v) is 6.33. The molecule has 1 heterocycles. The number of benzene rings is 1. The van der Waals surface area contributed by atoms with Crippen LogP contribution in [0, 0.1) is 5.41 Å². The lowest BCUT2D eigenvalue weighted by molar-refractivity contribution is 0.543. The van der Waals surface area contributed by atoms with Gasteiger partial charge in [0.05, 0.1) is 17.0 Å². The van der Waals surface area contributed by atoms with E-state index >= 15 is 0 Å². The summed E-state index contributed by atoms with van der Waals surface area (Å²) < 4.78 is 1.96. The highest BCUT2D eigenvalue weighted by Gasteiger charge is 2.14. The van der Waals surface area contributed by atoms with Crippen LogP contribution < -0.4 is 0 Å². The van der Waals surface area contributed by atoms with Gasteiger partial charge in [0.2, 0.25) is 0 Å². The van der Waals surface area contributed by atoms with Gasteiger partial charge in [-0.2, -0.15) is 0 Å². The van der Waals surface area contributed by atoms with Crippen molar-refractivity contribution in [3.8, 4) is 0 Å². The first kappa shape index (κ1) is 14.2. The third kappa shape index (κ3) is 3.62. The molecule has 19 heavy (non-hydrogen) atoms. The molecule has 0 aliphatic rings. The minimum Gasteiger partial charge on any atom is -0.306 e. The Bertz CT molecular complexity index is 593. The number of imidazole rings is 1. The molecule has 0 atom stereocenters. The van der Waals surface area contributed by atoms with E-state index in [1.807, 2.05) is 22.9 Å². The first-order valence-electron chi connectivity index (χ1n) is 6.03. The van der Waals surface area contributed by atoms with Crippen molar-refractivity contribution in [3.63, 3.8) is 0 Å². The van der Waals surface area contributed by atoms with E-state index in [1.165, 1.54) is 0 Å². The molecular formula is C15H16Cl2N2. The van der Waals surface area contributed by atoms with Gasteiger partial charge in [0.1, 0.15) is 0 Å². The van der Waals surface area contributed by atoms with Crippen molar-refractivity contribution in [1.82, 2.24) is 9.55 Å². The van der Waals surface area contributed by atoms with Crippen LogP contribution in [0.5, 0.6) is 0 Å². The third-order valence-corrected chi connectivity index (χ3v) is 3.11. The largest absolute Gasteiger partial charge is 0.306 e. The maximum absolute atomic E-state index is 6.31. The standard InChI is InChI=1S/C15H16Cl2N2/c1-15(2,3)9-14(19-7-6-18-10-19)12-5-4-11(16)8-13(12)17/h4-10H,1-3H3. The molecule has 1 aromatic heterocycles. The topological polar surface area (TPSA) is 17.8 Å². The second kappa shape index (κ2) is 5.40. The number of halogens is 2. The highest BCUT2D eigenvalue weighted by Crippen LogP contribution is 2.31. The van der Waals surface area contributed by atoms with E-state index in [4.69, 9.17) is 23.2 Å². The van der Waals surface area contributed by atoms with Crippen LogP contribution in [0.1, 0.15) is 26.3 Å².